The molecule has 0 radical (unpaired) electrons. The first kappa shape index (κ1) is 51.0. The second kappa shape index (κ2) is 26.2. The number of carbonyl (C=O) groups excluding carboxylic acids is 1. The number of nitrogens with zero attached hydrogens (tertiary/aromatic N) is 3. The molecule has 1 aromatic rings. The molecule has 2 heterocycles. The van der Waals surface area contributed by atoms with Gasteiger partial charge < -0.3 is 44.0 Å². The molecule has 0 bridgehead atoms. The number of ether oxygens (including phenoxy) is 4. The fraction of sp³-hybridized carbons (Fsp3) is 0.765. The zero-order valence-electron chi connectivity index (χ0n) is 39.4. The Kier molecular flexibility index (Phi) is 21.2. The van der Waals surface area contributed by atoms with Gasteiger partial charge in [-0.1, -0.05) is 88.4 Å². The van der Waals surface area contributed by atoms with Crippen molar-refractivity contribution in [3.63, 3.8) is 0 Å². The predicted molar refractivity (Wildman–Crippen MR) is 249 cm³/mol. The summed E-state index contributed by atoms with van der Waals surface area (Å²) in [6, 6.07) is 5.55. The molecule has 1 aromatic carbocycles. The first-order valence-electron chi connectivity index (χ1n) is 24.7. The molecule has 0 unspecified atom stereocenters. The summed E-state index contributed by atoms with van der Waals surface area (Å²) in [6.45, 7) is 17.0. The van der Waals surface area contributed by atoms with Crippen LogP contribution >= 0.6 is 0 Å². The minimum absolute atomic E-state index is 0.0129. The minimum Gasteiger partial charge on any atom is -0.492 e. The fourth-order valence-corrected chi connectivity index (χ4v) is 10.0. The molecule has 2 aliphatic carbocycles. The van der Waals surface area contributed by atoms with Crippen LogP contribution in [0.15, 0.2) is 47.7 Å². The summed E-state index contributed by atoms with van der Waals surface area (Å²) in [7, 11) is 0. The number of carbonyl (C=O) groups is 1. The van der Waals surface area contributed by atoms with E-state index in [0.29, 0.717) is 38.0 Å². The first-order valence-corrected chi connectivity index (χ1v) is 24.7. The van der Waals surface area contributed by atoms with Crippen molar-refractivity contribution in [1.29, 1.82) is 0 Å². The average molecular weight is 882 g/mol. The van der Waals surface area contributed by atoms with E-state index < -0.39 is 23.3 Å². The molecule has 3 N–H and O–H groups in total. The number of fused-ring (bicyclic) bond motifs is 2. The highest BCUT2D eigenvalue weighted by Gasteiger charge is 2.65. The maximum atomic E-state index is 14.9. The molecule has 12 heteroatoms. The number of hydrogen-bond acceptors (Lipinski definition) is 11. The van der Waals surface area contributed by atoms with Crippen LogP contribution in [0.3, 0.4) is 0 Å². The molecule has 2 aliphatic heterocycles. The number of allylic oxidation sites excluding steroid dienone is 1. The fourth-order valence-electron chi connectivity index (χ4n) is 10.0. The smallest absolute Gasteiger partial charge is 0.239 e. The lowest BCUT2D eigenvalue weighted by Gasteiger charge is -2.60. The molecule has 5 rings (SSSR count). The van der Waals surface area contributed by atoms with Gasteiger partial charge in [0.15, 0.2) is 0 Å². The Balaban J connectivity index is 1.63. The zero-order valence-corrected chi connectivity index (χ0v) is 39.4. The normalized spacial score (nSPS) is 24.6. The van der Waals surface area contributed by atoms with E-state index in [1.165, 1.54) is 38.5 Å². The summed E-state index contributed by atoms with van der Waals surface area (Å²) >= 11 is 0. The second-order valence-electron chi connectivity index (χ2n) is 19.2. The van der Waals surface area contributed by atoms with Crippen LogP contribution in [-0.2, 0) is 19.1 Å². The van der Waals surface area contributed by atoms with Crippen molar-refractivity contribution in [1.82, 2.24) is 9.80 Å². The molecule has 1 saturated carbocycles. The van der Waals surface area contributed by atoms with Gasteiger partial charge in [-0.25, -0.2) is 0 Å². The third kappa shape index (κ3) is 14.8. The number of benzene rings is 1. The standard InChI is InChI=1S/C51H83N3O9/c1-6-8-9-10-11-12-13-14-15-22-47(58)54(28-33-59-35-31-57)46-38-44(52-63-50(3,4)5)42-36-39(20-16-18-29-55)41(21-17-19-30-56)48-43-37-40(60-34-27-53-25-26-53)23-24-45(43)62-51(46,49(42)48)61-32-7-2/h7,23-24,36-37,39,41,46,48-49,55-57H,2,6,8-22,25-35,38H2,1,3-5H3/t39-,41+,46-,48+,49+,51+/m0/s1. The van der Waals surface area contributed by atoms with Crippen molar-refractivity contribution in [2.75, 3.05) is 72.4 Å². The summed E-state index contributed by atoms with van der Waals surface area (Å²) in [6.07, 6.45) is 20.1. The van der Waals surface area contributed by atoms with E-state index in [9.17, 15) is 20.1 Å². The van der Waals surface area contributed by atoms with Gasteiger partial charge in [-0.15, -0.1) is 6.58 Å². The lowest BCUT2D eigenvalue weighted by atomic mass is 9.55. The topological polar surface area (TPSA) is 143 Å². The number of aliphatic hydroxyl groups excluding tert-OH is 3. The largest absolute Gasteiger partial charge is 0.492 e. The van der Waals surface area contributed by atoms with E-state index in [1.54, 1.807) is 6.08 Å². The van der Waals surface area contributed by atoms with Crippen LogP contribution in [0.1, 0.15) is 148 Å². The monoisotopic (exact) mass is 882 g/mol. The third-order valence-corrected chi connectivity index (χ3v) is 13.2. The summed E-state index contributed by atoms with van der Waals surface area (Å²) in [5, 5.41) is 34.5. The maximum absolute atomic E-state index is 14.9. The Morgan fingerprint density at radius 3 is 2.32 bits per heavy atom. The van der Waals surface area contributed by atoms with Gasteiger partial charge in [-0.05, 0) is 88.5 Å². The molecule has 12 nitrogen and oxygen atoms in total. The van der Waals surface area contributed by atoms with Gasteiger partial charge in [0, 0.05) is 63.7 Å². The van der Waals surface area contributed by atoms with Gasteiger partial charge in [0.1, 0.15) is 29.7 Å². The highest BCUT2D eigenvalue weighted by Crippen LogP contribution is 2.62. The Hall–Kier alpha value is -3.00. The molecular weight excluding hydrogens is 799 g/mol. The number of unbranched alkanes of at least 4 members (excludes halogenated alkanes) is 10. The van der Waals surface area contributed by atoms with Crippen LogP contribution in [0.25, 0.3) is 0 Å². The van der Waals surface area contributed by atoms with Crippen molar-refractivity contribution >= 4 is 11.6 Å². The lowest BCUT2D eigenvalue weighted by molar-refractivity contribution is -0.258. The van der Waals surface area contributed by atoms with Crippen LogP contribution in [0.5, 0.6) is 11.5 Å². The van der Waals surface area contributed by atoms with Crippen LogP contribution < -0.4 is 9.47 Å². The average Bonchev–Trinajstić information content (AvgIpc) is 4.10. The number of aliphatic hydroxyl groups is 3. The molecule has 1 saturated heterocycles. The predicted octanol–water partition coefficient (Wildman–Crippen LogP) is 8.57. The lowest BCUT2D eigenvalue weighted by Crippen LogP contribution is -2.70. The van der Waals surface area contributed by atoms with Crippen molar-refractivity contribution in [2.45, 2.75) is 160 Å². The SMILES string of the molecule is C=CCO[C@@]12Oc3ccc(OCCN4CC4)cc3[C@H]3[C@H](CCCCO)[C@@H](CCCCO)C=C(C(=NOC(C)(C)C)C[C@@H]1N(CCOCCO)C(=O)CCCCCCCCCCC)[C@H]32. The molecule has 6 atom stereocenters. The maximum Gasteiger partial charge on any atom is 0.239 e. The molecular formula is C51H83N3O9. The van der Waals surface area contributed by atoms with Crippen molar-refractivity contribution in [3.8, 4) is 11.5 Å². The van der Waals surface area contributed by atoms with Crippen molar-refractivity contribution in [3.05, 3.63) is 48.1 Å². The Bertz CT molecular complexity index is 1590. The molecule has 356 valence electrons. The Labute approximate surface area is 379 Å². The van der Waals surface area contributed by atoms with Gasteiger partial charge >= 0.3 is 0 Å². The number of oxime groups is 1. The highest BCUT2D eigenvalue weighted by molar-refractivity contribution is 6.03. The van der Waals surface area contributed by atoms with Gasteiger partial charge in [0.2, 0.25) is 11.7 Å². The van der Waals surface area contributed by atoms with E-state index in [1.807, 2.05) is 37.8 Å². The van der Waals surface area contributed by atoms with Gasteiger partial charge in [-0.2, -0.15) is 0 Å². The third-order valence-electron chi connectivity index (χ3n) is 13.2. The van der Waals surface area contributed by atoms with Gasteiger partial charge in [0.25, 0.3) is 0 Å². The number of amides is 1. The van der Waals surface area contributed by atoms with E-state index in [-0.39, 0.29) is 69.8 Å². The Morgan fingerprint density at radius 1 is 0.937 bits per heavy atom. The molecule has 63 heavy (non-hydrogen) atoms. The van der Waals surface area contributed by atoms with Crippen molar-refractivity contribution in [2.24, 2.45) is 22.9 Å². The summed E-state index contributed by atoms with van der Waals surface area (Å²) in [4.78, 5) is 25.5. The van der Waals surface area contributed by atoms with Crippen LogP contribution in [0.2, 0.25) is 0 Å². The molecule has 1 amide bonds. The molecule has 4 aliphatic rings. The van der Waals surface area contributed by atoms with E-state index in [4.69, 9.17) is 28.9 Å². The van der Waals surface area contributed by atoms with Crippen LogP contribution in [0, 0.1) is 17.8 Å². The van der Waals surface area contributed by atoms with E-state index >= 15 is 0 Å². The molecule has 0 aromatic heterocycles. The van der Waals surface area contributed by atoms with E-state index in [2.05, 4.69) is 30.5 Å². The zero-order chi connectivity index (χ0) is 45.1. The highest BCUT2D eigenvalue weighted by atomic mass is 16.7. The first-order chi connectivity index (χ1) is 30.6. The number of rotatable bonds is 32. The van der Waals surface area contributed by atoms with Crippen LogP contribution in [-0.4, -0.2) is 127 Å². The minimum atomic E-state index is -1.34. The van der Waals surface area contributed by atoms with Gasteiger partial charge in [0.05, 0.1) is 38.1 Å². The second-order valence-corrected chi connectivity index (χ2v) is 19.2. The summed E-state index contributed by atoms with van der Waals surface area (Å²) < 4.78 is 26.9. The Morgan fingerprint density at radius 2 is 1.65 bits per heavy atom. The summed E-state index contributed by atoms with van der Waals surface area (Å²) in [5.41, 5.74) is 2.27. The molecule has 2 fully saturated rings. The van der Waals surface area contributed by atoms with Crippen molar-refractivity contribution < 1.29 is 43.9 Å². The number of hydrogen-bond donors (Lipinski definition) is 3. The molecule has 0 spiro atoms. The van der Waals surface area contributed by atoms with E-state index in [0.717, 1.165) is 87.2 Å². The summed E-state index contributed by atoms with van der Waals surface area (Å²) in [5.74, 6) is -0.0985. The van der Waals surface area contributed by atoms with Crippen LogP contribution in [0.4, 0.5) is 0 Å². The van der Waals surface area contributed by atoms with Gasteiger partial charge in [-0.3, -0.25) is 9.69 Å². The quantitative estimate of drug-likeness (QED) is 0.0279.